The van der Waals surface area contributed by atoms with Crippen molar-refractivity contribution in [2.45, 2.75) is 44.9 Å². The van der Waals surface area contributed by atoms with E-state index in [-0.39, 0.29) is 11.5 Å². The van der Waals surface area contributed by atoms with Gasteiger partial charge in [-0.05, 0) is 73.3 Å². The molecule has 0 radical (unpaired) electrons. The van der Waals surface area contributed by atoms with Gasteiger partial charge in [0.15, 0.2) is 23.1 Å². The zero-order valence-corrected chi connectivity index (χ0v) is 21.4. The first-order chi connectivity index (χ1) is 17.4. The van der Waals surface area contributed by atoms with E-state index in [2.05, 4.69) is 4.98 Å². The van der Waals surface area contributed by atoms with E-state index in [1.807, 2.05) is 0 Å². The van der Waals surface area contributed by atoms with Gasteiger partial charge in [0.05, 0.1) is 19.7 Å². The van der Waals surface area contributed by atoms with Gasteiger partial charge >= 0.3 is 0 Å². The Hall–Kier alpha value is -3.06. The number of carbonyl (C=O) groups is 1. The minimum Gasteiger partial charge on any atom is -0.493 e. The van der Waals surface area contributed by atoms with Crippen molar-refractivity contribution in [1.82, 2.24) is 4.98 Å². The number of fused-ring (bicyclic) bond motifs is 3. The third-order valence-electron chi connectivity index (χ3n) is 7.71. The summed E-state index contributed by atoms with van der Waals surface area (Å²) in [6.45, 7) is 0. The Bertz CT molecular complexity index is 1290. The van der Waals surface area contributed by atoms with E-state index in [0.29, 0.717) is 58.2 Å². The summed E-state index contributed by atoms with van der Waals surface area (Å²) in [4.78, 5) is 17.6. The third-order valence-corrected chi connectivity index (χ3v) is 8.00. The summed E-state index contributed by atoms with van der Waals surface area (Å²) in [5.74, 6) is 3.38. The van der Waals surface area contributed by atoms with Crippen LogP contribution in [0.15, 0.2) is 42.6 Å². The van der Waals surface area contributed by atoms with Crippen molar-refractivity contribution in [3.8, 4) is 23.0 Å². The molecule has 1 heterocycles. The summed E-state index contributed by atoms with van der Waals surface area (Å²) in [6, 6.07) is 10.0. The highest BCUT2D eigenvalue weighted by Crippen LogP contribution is 2.50. The van der Waals surface area contributed by atoms with Crippen LogP contribution in [0.5, 0.6) is 23.0 Å². The van der Waals surface area contributed by atoms with E-state index >= 15 is 0 Å². The van der Waals surface area contributed by atoms with Crippen LogP contribution in [-0.2, 0) is 11.2 Å². The number of ketones is 1. The second-order valence-corrected chi connectivity index (χ2v) is 10.5. The highest BCUT2D eigenvalue weighted by atomic mass is 32.1. The van der Waals surface area contributed by atoms with E-state index < -0.39 is 5.82 Å². The fourth-order valence-electron chi connectivity index (χ4n) is 5.96. The number of halogens is 1. The molecular formula is C29H30FNO4S. The second kappa shape index (κ2) is 10.5. The fraction of sp³-hybridized carbons (Fsp3) is 0.414. The lowest BCUT2D eigenvalue weighted by Gasteiger charge is -2.15. The number of aromatic nitrogens is 1. The van der Waals surface area contributed by atoms with Crippen molar-refractivity contribution < 1.29 is 23.4 Å². The molecule has 2 fully saturated rings. The van der Waals surface area contributed by atoms with Crippen LogP contribution >= 0.6 is 12.2 Å². The first-order valence-electron chi connectivity index (χ1n) is 12.5. The molecule has 0 N–H and O–H groups in total. The Morgan fingerprint density at radius 1 is 0.972 bits per heavy atom. The molecule has 0 spiro atoms. The zero-order chi connectivity index (χ0) is 25.2. The molecule has 3 aromatic rings. The molecule has 0 saturated heterocycles. The minimum atomic E-state index is -0.491. The molecular weight excluding hydrogens is 477 g/mol. The Morgan fingerprint density at radius 2 is 1.67 bits per heavy atom. The number of benzene rings is 2. The van der Waals surface area contributed by atoms with Crippen molar-refractivity contribution in [3.63, 3.8) is 0 Å². The van der Waals surface area contributed by atoms with Crippen molar-refractivity contribution in [2.75, 3.05) is 14.2 Å². The number of rotatable bonds is 10. The quantitative estimate of drug-likeness (QED) is 0.279. The largest absolute Gasteiger partial charge is 0.493 e. The van der Waals surface area contributed by atoms with Crippen molar-refractivity contribution >= 4 is 33.8 Å². The van der Waals surface area contributed by atoms with Crippen molar-refractivity contribution in [2.24, 2.45) is 17.8 Å². The Labute approximate surface area is 216 Å². The second-order valence-electron chi connectivity index (χ2n) is 9.87. The fourth-order valence-corrected chi connectivity index (χ4v) is 6.28. The Balaban J connectivity index is 1.24. The maximum absolute atomic E-state index is 15.0. The van der Waals surface area contributed by atoms with Crippen LogP contribution in [0.3, 0.4) is 0 Å². The molecule has 2 saturated carbocycles. The molecule has 2 bridgehead atoms. The topological polar surface area (TPSA) is 57.7 Å². The van der Waals surface area contributed by atoms with Crippen LogP contribution in [-0.4, -0.2) is 29.9 Å². The van der Waals surface area contributed by atoms with Gasteiger partial charge in [0.2, 0.25) is 0 Å². The first kappa shape index (κ1) is 24.6. The van der Waals surface area contributed by atoms with E-state index in [1.165, 1.54) is 31.7 Å². The van der Waals surface area contributed by atoms with Crippen molar-refractivity contribution in [3.05, 3.63) is 54.0 Å². The van der Waals surface area contributed by atoms with Gasteiger partial charge in [-0.2, -0.15) is 0 Å². The van der Waals surface area contributed by atoms with Crippen LogP contribution in [0.25, 0.3) is 10.9 Å². The highest BCUT2D eigenvalue weighted by Gasteiger charge is 2.42. The average Bonchev–Trinajstić information content (AvgIpc) is 3.43. The van der Waals surface area contributed by atoms with Crippen LogP contribution in [0, 0.1) is 23.6 Å². The summed E-state index contributed by atoms with van der Waals surface area (Å²) in [7, 11) is 3.11. The van der Waals surface area contributed by atoms with Crippen LogP contribution in [0.1, 0.15) is 44.1 Å². The predicted octanol–water partition coefficient (Wildman–Crippen LogP) is 6.88. The summed E-state index contributed by atoms with van der Waals surface area (Å²) in [5, 5.41) is 0.675. The third kappa shape index (κ3) is 5.07. The van der Waals surface area contributed by atoms with Crippen molar-refractivity contribution in [1.29, 1.82) is 0 Å². The molecule has 0 amide bonds. The van der Waals surface area contributed by atoms with Crippen LogP contribution in [0.4, 0.5) is 4.39 Å². The molecule has 0 atom stereocenters. The van der Waals surface area contributed by atoms with E-state index in [9.17, 15) is 9.18 Å². The molecule has 5 rings (SSSR count). The number of nitrogens with zero attached hydrogens (tertiary/aromatic N) is 1. The highest BCUT2D eigenvalue weighted by molar-refractivity contribution is 7.80. The van der Waals surface area contributed by atoms with Crippen LogP contribution < -0.4 is 14.2 Å². The molecule has 0 unspecified atom stereocenters. The molecule has 0 aliphatic heterocycles. The van der Waals surface area contributed by atoms with Gasteiger partial charge in [-0.25, -0.2) is 4.39 Å². The summed E-state index contributed by atoms with van der Waals surface area (Å²) in [6.07, 6.45) is 8.03. The number of pyridine rings is 1. The zero-order valence-electron chi connectivity index (χ0n) is 20.6. The summed E-state index contributed by atoms with van der Waals surface area (Å²) >= 11 is 5.50. The van der Waals surface area contributed by atoms with E-state index in [0.717, 1.165) is 17.4 Å². The molecule has 7 heteroatoms. The minimum absolute atomic E-state index is 0.0970. The molecule has 5 nitrogen and oxygen atoms in total. The lowest BCUT2D eigenvalue weighted by Crippen LogP contribution is -2.16. The Morgan fingerprint density at radius 3 is 2.33 bits per heavy atom. The van der Waals surface area contributed by atoms with Gasteiger partial charge in [0.25, 0.3) is 0 Å². The van der Waals surface area contributed by atoms with Gasteiger partial charge in [0.1, 0.15) is 11.5 Å². The normalized spacial score (nSPS) is 20.5. The molecule has 2 aromatic carbocycles. The smallest absolute Gasteiger partial charge is 0.166 e. The number of methoxy groups -OCH3 is 2. The number of hydrogen-bond acceptors (Lipinski definition) is 6. The van der Waals surface area contributed by atoms with Gasteiger partial charge in [-0.15, -0.1) is 0 Å². The van der Waals surface area contributed by atoms with Crippen LogP contribution in [0.2, 0.25) is 0 Å². The van der Waals surface area contributed by atoms with Gasteiger partial charge in [-0.3, -0.25) is 9.78 Å². The van der Waals surface area contributed by atoms with Gasteiger partial charge in [-0.1, -0.05) is 18.3 Å². The maximum atomic E-state index is 15.0. The molecule has 36 heavy (non-hydrogen) atoms. The predicted molar refractivity (Wildman–Crippen MR) is 141 cm³/mol. The van der Waals surface area contributed by atoms with E-state index in [1.54, 1.807) is 50.7 Å². The molecule has 1 aromatic heterocycles. The maximum Gasteiger partial charge on any atom is 0.166 e. The summed E-state index contributed by atoms with van der Waals surface area (Å²) in [5.41, 5.74) is 1.37. The van der Waals surface area contributed by atoms with E-state index in [4.69, 9.17) is 26.4 Å². The van der Waals surface area contributed by atoms with Gasteiger partial charge < -0.3 is 14.2 Å². The number of carbonyl (C=O) groups excluding carboxylic acids is 1. The lowest BCUT2D eigenvalue weighted by molar-refractivity contribution is -0.119. The number of hydrogen-bond donors (Lipinski definition) is 0. The summed E-state index contributed by atoms with van der Waals surface area (Å²) < 4.78 is 31.6. The molecule has 2 aliphatic carbocycles. The lowest BCUT2D eigenvalue weighted by atomic mass is 9.90. The standard InChI is InChI=1S/C29H30FNO4S/c1-33-28-15-23-25(16-29(28)34-2)31-10-9-26(23)35-27-8-3-17(12-24(27)30)11-21(36)13-20(32)14-22-18-4-5-19(22)7-6-18/h3,8-10,12,15-16,18-19,22H,4-7,11,13-14H2,1-2H3. The molecule has 2 aliphatic rings. The number of Topliss-reactive ketones (excluding diaryl/α,β-unsaturated/α-hetero) is 1. The van der Waals surface area contributed by atoms with Gasteiger partial charge in [0, 0.05) is 41.8 Å². The average molecular weight is 508 g/mol. The number of thiocarbonyl (C=S) groups is 1. The monoisotopic (exact) mass is 507 g/mol. The SMILES string of the molecule is COc1cc2nccc(Oc3ccc(CC(=S)CC(=O)CC4C5CCC4CC5)cc3F)c2cc1OC. The molecule has 188 valence electrons. The Kier molecular flexibility index (Phi) is 7.19. The number of ether oxygens (including phenoxy) is 3. The first-order valence-corrected chi connectivity index (χ1v) is 12.9.